The molecule has 0 aliphatic rings. The third-order valence-electron chi connectivity index (χ3n) is 1.93. The van der Waals surface area contributed by atoms with Gasteiger partial charge in [0.05, 0.1) is 7.11 Å². The Balaban J connectivity index is 2.55. The zero-order valence-electron chi connectivity index (χ0n) is 8.36. The van der Waals surface area contributed by atoms with E-state index in [1.54, 1.807) is 18.2 Å². The minimum absolute atomic E-state index is 0.0605. The maximum Gasteiger partial charge on any atom is 0.404 e. The number of hydrogen-bond donors (Lipinski definition) is 3. The Morgan fingerprint density at radius 3 is 2.80 bits per heavy atom. The van der Waals surface area contributed by atoms with Crippen molar-refractivity contribution < 1.29 is 19.7 Å². The summed E-state index contributed by atoms with van der Waals surface area (Å²) in [6, 6.07) is 4.98. The summed E-state index contributed by atoms with van der Waals surface area (Å²) in [5.41, 5.74) is 0.849. The molecule has 0 atom stereocenters. The van der Waals surface area contributed by atoms with Gasteiger partial charge in [0.2, 0.25) is 0 Å². The molecule has 5 heteroatoms. The molecule has 1 rings (SSSR count). The maximum atomic E-state index is 10.2. The van der Waals surface area contributed by atoms with Gasteiger partial charge in [0.25, 0.3) is 0 Å². The first-order chi connectivity index (χ1) is 7.13. The van der Waals surface area contributed by atoms with E-state index in [-0.39, 0.29) is 5.75 Å². The highest BCUT2D eigenvalue weighted by molar-refractivity contribution is 5.64. The Kier molecular flexibility index (Phi) is 3.79. The first-order valence-corrected chi connectivity index (χ1v) is 4.46. The molecule has 0 bridgehead atoms. The Hall–Kier alpha value is -1.91. The van der Waals surface area contributed by atoms with Crippen molar-refractivity contribution in [3.05, 3.63) is 23.8 Å². The maximum absolute atomic E-state index is 10.2. The third kappa shape index (κ3) is 3.38. The molecule has 0 spiro atoms. The third-order valence-corrected chi connectivity index (χ3v) is 1.93. The van der Waals surface area contributed by atoms with Gasteiger partial charge in [-0.15, -0.1) is 0 Å². The van der Waals surface area contributed by atoms with Gasteiger partial charge in [-0.05, 0) is 24.1 Å². The first kappa shape index (κ1) is 11.2. The van der Waals surface area contributed by atoms with E-state index in [1.807, 2.05) is 0 Å². The highest BCUT2D eigenvalue weighted by Gasteiger charge is 2.02. The van der Waals surface area contributed by atoms with E-state index in [9.17, 15) is 9.90 Å². The molecule has 0 aromatic heterocycles. The van der Waals surface area contributed by atoms with Crippen molar-refractivity contribution in [1.29, 1.82) is 0 Å². The summed E-state index contributed by atoms with van der Waals surface area (Å²) in [6.45, 7) is 0.321. The smallest absolute Gasteiger partial charge is 0.404 e. The van der Waals surface area contributed by atoms with Gasteiger partial charge in [-0.2, -0.15) is 0 Å². The lowest BCUT2D eigenvalue weighted by Crippen LogP contribution is -2.23. The topological polar surface area (TPSA) is 78.8 Å². The molecule has 1 aromatic carbocycles. The van der Waals surface area contributed by atoms with E-state index in [0.29, 0.717) is 18.7 Å². The molecule has 3 N–H and O–H groups in total. The Morgan fingerprint density at radius 2 is 2.27 bits per heavy atom. The molecule has 0 heterocycles. The average Bonchev–Trinajstić information content (AvgIpc) is 2.17. The fourth-order valence-electron chi connectivity index (χ4n) is 1.20. The van der Waals surface area contributed by atoms with E-state index in [2.05, 4.69) is 5.32 Å². The number of benzene rings is 1. The van der Waals surface area contributed by atoms with E-state index in [1.165, 1.54) is 7.11 Å². The fourth-order valence-corrected chi connectivity index (χ4v) is 1.20. The van der Waals surface area contributed by atoms with Crippen LogP contribution < -0.4 is 10.1 Å². The Bertz CT molecular complexity index is 351. The lowest BCUT2D eigenvalue weighted by atomic mass is 10.1. The van der Waals surface area contributed by atoms with Gasteiger partial charge in [0, 0.05) is 6.54 Å². The van der Waals surface area contributed by atoms with Crippen LogP contribution in [0.3, 0.4) is 0 Å². The van der Waals surface area contributed by atoms with E-state index >= 15 is 0 Å². The van der Waals surface area contributed by atoms with Crippen LogP contribution in [0.15, 0.2) is 18.2 Å². The van der Waals surface area contributed by atoms with Crippen LogP contribution in [0.25, 0.3) is 0 Å². The second-order valence-corrected chi connectivity index (χ2v) is 2.99. The zero-order chi connectivity index (χ0) is 11.3. The van der Waals surface area contributed by atoms with Crippen LogP contribution in [0.4, 0.5) is 4.79 Å². The van der Waals surface area contributed by atoms with Crippen LogP contribution in [0, 0.1) is 0 Å². The van der Waals surface area contributed by atoms with Gasteiger partial charge >= 0.3 is 6.09 Å². The summed E-state index contributed by atoms with van der Waals surface area (Å²) in [7, 11) is 1.47. The number of nitrogens with one attached hydrogen (secondary N) is 1. The average molecular weight is 211 g/mol. The molecule has 0 saturated heterocycles. The molecule has 0 aliphatic carbocycles. The van der Waals surface area contributed by atoms with Gasteiger partial charge in [0.15, 0.2) is 11.5 Å². The number of phenols is 1. The summed E-state index contributed by atoms with van der Waals surface area (Å²) in [5, 5.41) is 20.0. The second-order valence-electron chi connectivity index (χ2n) is 2.99. The highest BCUT2D eigenvalue weighted by atomic mass is 16.5. The molecule has 0 radical (unpaired) electrons. The van der Waals surface area contributed by atoms with Crippen LogP contribution in [0.5, 0.6) is 11.5 Å². The van der Waals surface area contributed by atoms with Crippen molar-refractivity contribution in [3.8, 4) is 11.5 Å². The van der Waals surface area contributed by atoms with E-state index < -0.39 is 6.09 Å². The first-order valence-electron chi connectivity index (χ1n) is 4.46. The molecule has 0 fully saturated rings. The minimum Gasteiger partial charge on any atom is -0.504 e. The molecule has 1 aromatic rings. The molecular weight excluding hydrogens is 198 g/mol. The number of hydrogen-bond acceptors (Lipinski definition) is 3. The second kappa shape index (κ2) is 5.09. The molecule has 15 heavy (non-hydrogen) atoms. The van der Waals surface area contributed by atoms with Crippen molar-refractivity contribution in [3.63, 3.8) is 0 Å². The van der Waals surface area contributed by atoms with Crippen LogP contribution in [0.1, 0.15) is 5.56 Å². The Labute approximate surface area is 87.3 Å². The summed E-state index contributed by atoms with van der Waals surface area (Å²) < 4.78 is 4.88. The molecule has 0 unspecified atom stereocenters. The normalized spacial score (nSPS) is 9.67. The largest absolute Gasteiger partial charge is 0.504 e. The number of aromatic hydroxyl groups is 1. The van der Waals surface area contributed by atoms with Crippen molar-refractivity contribution in [2.24, 2.45) is 0 Å². The SMILES string of the molecule is COc1ccc(CCNC(=O)O)cc1O. The van der Waals surface area contributed by atoms with Crippen LogP contribution >= 0.6 is 0 Å². The fraction of sp³-hybridized carbons (Fsp3) is 0.300. The lowest BCUT2D eigenvalue weighted by Gasteiger charge is -2.06. The van der Waals surface area contributed by atoms with Crippen LogP contribution in [-0.2, 0) is 6.42 Å². The molecule has 0 saturated carbocycles. The molecular formula is C10H13NO4. The van der Waals surface area contributed by atoms with Crippen molar-refractivity contribution >= 4 is 6.09 Å². The number of ether oxygens (including phenoxy) is 1. The standard InChI is InChI=1S/C10H13NO4/c1-15-9-3-2-7(6-8(9)12)4-5-11-10(13)14/h2-3,6,11-12H,4-5H2,1H3,(H,13,14). The number of carboxylic acid groups (broad SMARTS) is 1. The minimum atomic E-state index is -1.05. The number of amides is 1. The molecule has 0 aliphatic heterocycles. The van der Waals surface area contributed by atoms with Crippen molar-refractivity contribution in [1.82, 2.24) is 5.32 Å². The molecule has 5 nitrogen and oxygen atoms in total. The van der Waals surface area contributed by atoms with Gasteiger partial charge < -0.3 is 20.3 Å². The van der Waals surface area contributed by atoms with Crippen LogP contribution in [-0.4, -0.2) is 30.0 Å². The lowest BCUT2D eigenvalue weighted by molar-refractivity contribution is 0.194. The van der Waals surface area contributed by atoms with Crippen LogP contribution in [0.2, 0.25) is 0 Å². The molecule has 82 valence electrons. The molecule has 1 amide bonds. The zero-order valence-corrected chi connectivity index (χ0v) is 8.36. The van der Waals surface area contributed by atoms with Gasteiger partial charge in [-0.25, -0.2) is 4.79 Å². The van der Waals surface area contributed by atoms with Gasteiger partial charge in [0.1, 0.15) is 0 Å². The van der Waals surface area contributed by atoms with E-state index in [0.717, 1.165) is 5.56 Å². The monoisotopic (exact) mass is 211 g/mol. The summed E-state index contributed by atoms with van der Waals surface area (Å²) in [5.74, 6) is 0.468. The highest BCUT2D eigenvalue weighted by Crippen LogP contribution is 2.26. The van der Waals surface area contributed by atoms with Crippen molar-refractivity contribution in [2.75, 3.05) is 13.7 Å². The Morgan fingerprint density at radius 1 is 1.53 bits per heavy atom. The number of carbonyl (C=O) groups is 1. The quantitative estimate of drug-likeness (QED) is 0.699. The summed E-state index contributed by atoms with van der Waals surface area (Å²) in [4.78, 5) is 10.2. The van der Waals surface area contributed by atoms with Crippen molar-refractivity contribution in [2.45, 2.75) is 6.42 Å². The van der Waals surface area contributed by atoms with Gasteiger partial charge in [-0.3, -0.25) is 0 Å². The summed E-state index contributed by atoms with van der Waals surface area (Å²) >= 11 is 0. The summed E-state index contributed by atoms with van der Waals surface area (Å²) in [6.07, 6.45) is -0.517. The predicted molar refractivity (Wildman–Crippen MR) is 54.4 cm³/mol. The number of rotatable bonds is 4. The van der Waals surface area contributed by atoms with Gasteiger partial charge in [-0.1, -0.05) is 6.07 Å². The predicted octanol–water partition coefficient (Wildman–Crippen LogP) is 1.21. The van der Waals surface area contributed by atoms with E-state index in [4.69, 9.17) is 9.84 Å². The number of phenolic OH excluding ortho intramolecular Hbond substituents is 1. The number of methoxy groups -OCH3 is 1.